The van der Waals surface area contributed by atoms with Crippen LogP contribution in [0.25, 0.3) is 179 Å². The molecule has 2 aliphatic rings. The lowest BCUT2D eigenvalue weighted by Gasteiger charge is -2.15. The van der Waals surface area contributed by atoms with E-state index in [4.69, 9.17) is 39.4 Å². The zero-order chi connectivity index (χ0) is 77.6. The second-order valence-corrected chi connectivity index (χ2v) is 29.3. The van der Waals surface area contributed by atoms with Gasteiger partial charge in [-0.15, -0.1) is 0 Å². The summed E-state index contributed by atoms with van der Waals surface area (Å²) in [5.41, 5.74) is 23.3. The standard InChI is InChI=1S/C51H32N4O.C33H20BrN3O.C18H14BNO2.CH4/c1-4-15-33(16-5-1)49-52-50(34-17-6-2-7-18-34)54-51(53-49)42-25-14-24-41-38-21-10-11-22-39(38)44-32-36(28-30-47(44)56-48(41)42)35-27-29-46-43(31-35)40-23-12-13-26-45(40)55(46)37-19-8-3-9-20-37;34-23-18-19-29-28(20-23)25-15-8-7-14-24(25)26-16-9-17-27(30(26)38-29)33-36-31(21-10-3-1-4-11-21)35-32(37-33)22-12-5-2-6-13-22;21-19(22)13-10-11-18-16(12-13)15-8-4-5-9-17(15)20(18)14-6-2-1-3-7-14;/h1-32H;1-20H;1-12,21-22H;1H4. The Balaban J connectivity index is 0.000000128. The Bertz CT molecular complexity index is 7020. The molecule has 556 valence electrons. The fourth-order valence-electron chi connectivity index (χ4n) is 15.9. The van der Waals surface area contributed by atoms with Crippen LogP contribution < -0.4 is 14.9 Å². The first-order chi connectivity index (χ1) is 57.3. The van der Waals surface area contributed by atoms with Gasteiger partial charge in [-0.05, 0) is 136 Å². The lowest BCUT2D eigenvalue weighted by Crippen LogP contribution is -2.29. The van der Waals surface area contributed by atoms with Crippen molar-refractivity contribution in [3.63, 3.8) is 0 Å². The van der Waals surface area contributed by atoms with E-state index in [2.05, 4.69) is 213 Å². The van der Waals surface area contributed by atoms with E-state index in [1.807, 2.05) is 194 Å². The van der Waals surface area contributed by atoms with E-state index in [-0.39, 0.29) is 7.43 Å². The Morgan fingerprint density at radius 1 is 0.239 bits per heavy atom. The number of fused-ring (bicyclic) bond motifs is 16. The molecule has 0 unspecified atom stereocenters. The molecular formula is C103H70BBrN8O4. The van der Waals surface area contributed by atoms with Crippen molar-refractivity contribution in [2.24, 2.45) is 0 Å². The second-order valence-electron chi connectivity index (χ2n) is 28.3. The average molecular weight is 1570 g/mol. The van der Waals surface area contributed by atoms with Gasteiger partial charge >= 0.3 is 7.12 Å². The zero-order valence-electron chi connectivity index (χ0n) is 62.2. The molecule has 16 aromatic carbocycles. The van der Waals surface area contributed by atoms with Gasteiger partial charge in [-0.25, -0.2) is 29.9 Å². The van der Waals surface area contributed by atoms with Gasteiger partial charge in [0.15, 0.2) is 34.9 Å². The van der Waals surface area contributed by atoms with Crippen LogP contribution in [-0.4, -0.2) is 56.2 Å². The van der Waals surface area contributed by atoms with Gasteiger partial charge in [0.1, 0.15) is 23.0 Å². The fourth-order valence-corrected chi connectivity index (χ4v) is 16.2. The van der Waals surface area contributed by atoms with Crippen molar-refractivity contribution in [1.29, 1.82) is 0 Å². The largest absolute Gasteiger partial charge is 0.488 e. The molecule has 117 heavy (non-hydrogen) atoms. The van der Waals surface area contributed by atoms with Crippen molar-refractivity contribution >= 4 is 72.1 Å². The molecule has 0 amide bonds. The molecule has 2 aliphatic heterocycles. The number of rotatable bonds is 10. The molecule has 0 radical (unpaired) electrons. The van der Waals surface area contributed by atoms with E-state index in [0.29, 0.717) is 46.2 Å². The maximum absolute atomic E-state index is 9.43. The van der Waals surface area contributed by atoms with Crippen LogP contribution in [0.2, 0.25) is 0 Å². The molecule has 0 atom stereocenters. The molecule has 12 nitrogen and oxygen atoms in total. The Labute approximate surface area is 684 Å². The number of benzene rings is 16. The van der Waals surface area contributed by atoms with Crippen molar-refractivity contribution in [2.75, 3.05) is 0 Å². The van der Waals surface area contributed by atoms with Crippen LogP contribution in [0.1, 0.15) is 7.43 Å². The maximum atomic E-state index is 9.43. The van der Waals surface area contributed by atoms with Gasteiger partial charge in [0.25, 0.3) is 0 Å². The van der Waals surface area contributed by atoms with Gasteiger partial charge in [-0.1, -0.05) is 315 Å². The smallest absolute Gasteiger partial charge is 0.455 e. The summed E-state index contributed by atoms with van der Waals surface area (Å²) in [4.78, 5) is 29.8. The average Bonchev–Trinajstić information content (AvgIpc) is 1.57. The maximum Gasteiger partial charge on any atom is 0.488 e. The second kappa shape index (κ2) is 31.3. The van der Waals surface area contributed by atoms with Crippen LogP contribution in [0, 0.1) is 0 Å². The fraction of sp³-hybridized carbons (Fsp3) is 0.00971. The van der Waals surface area contributed by atoms with Crippen LogP contribution >= 0.6 is 15.9 Å². The van der Waals surface area contributed by atoms with E-state index < -0.39 is 7.12 Å². The predicted molar refractivity (Wildman–Crippen MR) is 479 cm³/mol. The third kappa shape index (κ3) is 13.7. The highest BCUT2D eigenvalue weighted by Gasteiger charge is 2.29. The predicted octanol–water partition coefficient (Wildman–Crippen LogP) is 25.3. The summed E-state index contributed by atoms with van der Waals surface area (Å²) in [5, 5.41) is 23.4. The molecule has 20 aromatic rings. The summed E-state index contributed by atoms with van der Waals surface area (Å²) in [7, 11) is -1.46. The van der Waals surface area contributed by atoms with E-state index in [9.17, 15) is 10.0 Å². The van der Waals surface area contributed by atoms with Crippen molar-refractivity contribution < 1.29 is 19.5 Å². The molecule has 6 heterocycles. The Hall–Kier alpha value is -14.8. The summed E-state index contributed by atoms with van der Waals surface area (Å²) >= 11 is 3.63. The lowest BCUT2D eigenvalue weighted by atomic mass is 9.80. The minimum Gasteiger partial charge on any atom is -0.455 e. The highest BCUT2D eigenvalue weighted by atomic mass is 79.9. The molecule has 0 saturated carbocycles. The van der Waals surface area contributed by atoms with Gasteiger partial charge in [0, 0.05) is 81.9 Å². The van der Waals surface area contributed by atoms with E-state index in [1.54, 1.807) is 6.07 Å². The normalized spacial score (nSPS) is 11.4. The molecule has 2 N–H and O–H groups in total. The molecule has 0 saturated heterocycles. The number of para-hydroxylation sites is 6. The van der Waals surface area contributed by atoms with Gasteiger partial charge in [0.2, 0.25) is 0 Å². The Morgan fingerprint density at radius 3 is 0.991 bits per heavy atom. The van der Waals surface area contributed by atoms with E-state index in [0.717, 1.165) is 144 Å². The number of ether oxygens (including phenoxy) is 2. The van der Waals surface area contributed by atoms with Gasteiger partial charge in [-0.2, -0.15) is 0 Å². The van der Waals surface area contributed by atoms with Crippen LogP contribution in [-0.2, 0) is 0 Å². The van der Waals surface area contributed by atoms with Crippen LogP contribution in [0.4, 0.5) is 0 Å². The quantitative estimate of drug-likeness (QED) is 0.127. The summed E-state index contributed by atoms with van der Waals surface area (Å²) in [6, 6.07) is 132. The SMILES string of the molecule is Brc1ccc2c(c1)-c1ccccc1-c1cccc(-c3nc(-c4ccccc4)nc(-c4ccccc4)n3)c1O2.C.OB(O)c1ccc2c(c1)c1ccccc1n2-c1ccccc1.c1ccc(-c2nc(-c3ccccc3)nc(-c3cccc4c3Oc3ccc(-c5ccc6c(c5)c5ccccc5n6-c5ccccc5)cc3-c3ccccc3-4)n2)cc1. The molecule has 0 aliphatic carbocycles. The Morgan fingerprint density at radius 2 is 0.556 bits per heavy atom. The molecule has 4 aromatic heterocycles. The monoisotopic (exact) mass is 1570 g/mol. The summed E-state index contributed by atoms with van der Waals surface area (Å²) in [6.45, 7) is 0. The molecule has 0 bridgehead atoms. The lowest BCUT2D eigenvalue weighted by molar-refractivity contribution is 0.426. The third-order valence-corrected chi connectivity index (χ3v) is 21.8. The first kappa shape index (κ1) is 72.4. The molecule has 14 heteroatoms. The van der Waals surface area contributed by atoms with Gasteiger partial charge < -0.3 is 28.7 Å². The van der Waals surface area contributed by atoms with E-state index >= 15 is 0 Å². The van der Waals surface area contributed by atoms with E-state index in [1.165, 1.54) is 21.8 Å². The Kier molecular flexibility index (Phi) is 19.4. The van der Waals surface area contributed by atoms with Gasteiger partial charge in [0.05, 0.1) is 33.2 Å². The van der Waals surface area contributed by atoms with Crippen LogP contribution in [0.15, 0.2) is 393 Å². The summed E-state index contributed by atoms with van der Waals surface area (Å²) in [6.07, 6.45) is 0. The molecular weight excluding hydrogens is 1500 g/mol. The number of hydrogen-bond donors (Lipinski definition) is 2. The van der Waals surface area contributed by atoms with Crippen molar-refractivity contribution in [2.45, 2.75) is 7.43 Å². The summed E-state index contributed by atoms with van der Waals surface area (Å²) < 4.78 is 19.3. The first-order valence-electron chi connectivity index (χ1n) is 38.3. The highest BCUT2D eigenvalue weighted by molar-refractivity contribution is 9.10. The first-order valence-corrected chi connectivity index (χ1v) is 39.1. The van der Waals surface area contributed by atoms with Crippen LogP contribution in [0.3, 0.4) is 0 Å². The molecule has 0 spiro atoms. The number of aromatic nitrogens is 8. The zero-order valence-corrected chi connectivity index (χ0v) is 63.8. The minimum absolute atomic E-state index is 0. The highest BCUT2D eigenvalue weighted by Crippen LogP contribution is 2.53. The van der Waals surface area contributed by atoms with Gasteiger partial charge in [-0.3, -0.25) is 0 Å². The molecule has 22 rings (SSSR count). The summed E-state index contributed by atoms with van der Waals surface area (Å²) in [5.74, 6) is 6.56. The number of halogens is 1. The third-order valence-electron chi connectivity index (χ3n) is 21.3. The van der Waals surface area contributed by atoms with Crippen molar-refractivity contribution in [1.82, 2.24) is 39.0 Å². The number of nitrogens with zero attached hydrogens (tertiary/aromatic N) is 8. The van der Waals surface area contributed by atoms with Crippen LogP contribution in [0.5, 0.6) is 23.0 Å². The van der Waals surface area contributed by atoms with Crippen molar-refractivity contribution in [3.05, 3.63) is 393 Å². The number of hydrogen-bond acceptors (Lipinski definition) is 10. The minimum atomic E-state index is -1.46. The molecule has 0 fully saturated rings. The van der Waals surface area contributed by atoms with Crippen molar-refractivity contribution in [3.8, 4) is 158 Å². The topological polar surface area (TPSA) is 146 Å².